The molecular formula is C23H36N6. The highest BCUT2D eigenvalue weighted by Gasteiger charge is 2.15. The minimum absolute atomic E-state index is 0.693. The molecule has 2 heterocycles. The molecule has 0 aliphatic carbocycles. The third-order valence-corrected chi connectivity index (χ3v) is 5.73. The molecule has 1 saturated heterocycles. The average Bonchev–Trinajstić information content (AvgIpc) is 3.21. The van der Waals surface area contributed by atoms with Crippen LogP contribution in [0.4, 0.5) is 0 Å². The first-order valence-corrected chi connectivity index (χ1v) is 10.9. The molecule has 0 amide bonds. The predicted molar refractivity (Wildman–Crippen MR) is 121 cm³/mol. The van der Waals surface area contributed by atoms with Crippen molar-refractivity contribution in [1.29, 1.82) is 0 Å². The van der Waals surface area contributed by atoms with Crippen molar-refractivity contribution in [2.45, 2.75) is 39.2 Å². The molecule has 1 aromatic carbocycles. The van der Waals surface area contributed by atoms with Crippen LogP contribution in [0.2, 0.25) is 0 Å². The van der Waals surface area contributed by atoms with Crippen LogP contribution in [0, 0.1) is 5.92 Å². The Hall–Kier alpha value is -2.34. The SMILES string of the molecule is CN=C(NCCCCN1CCC(C)CC1)N(C)Cc1ncc(-c2ccccc2)[nH]1. The fourth-order valence-electron chi connectivity index (χ4n) is 3.84. The summed E-state index contributed by atoms with van der Waals surface area (Å²) in [5, 5.41) is 3.49. The molecule has 1 aromatic heterocycles. The number of nitrogens with zero attached hydrogens (tertiary/aromatic N) is 4. The number of aromatic amines is 1. The van der Waals surface area contributed by atoms with E-state index in [-0.39, 0.29) is 0 Å². The number of nitrogens with one attached hydrogen (secondary N) is 2. The number of piperidine rings is 1. The summed E-state index contributed by atoms with van der Waals surface area (Å²) in [7, 11) is 3.89. The second-order valence-corrected chi connectivity index (χ2v) is 8.17. The molecule has 6 nitrogen and oxygen atoms in total. The Morgan fingerprint density at radius 3 is 2.72 bits per heavy atom. The molecule has 2 N–H and O–H groups in total. The van der Waals surface area contributed by atoms with Crippen LogP contribution in [0.3, 0.4) is 0 Å². The zero-order valence-electron chi connectivity index (χ0n) is 18.2. The Morgan fingerprint density at radius 2 is 2.00 bits per heavy atom. The lowest BCUT2D eigenvalue weighted by atomic mass is 9.99. The molecule has 0 radical (unpaired) electrons. The van der Waals surface area contributed by atoms with Gasteiger partial charge in [-0.25, -0.2) is 4.98 Å². The second kappa shape index (κ2) is 11.0. The summed E-state index contributed by atoms with van der Waals surface area (Å²) in [4.78, 5) is 17.1. The fraction of sp³-hybridized carbons (Fsp3) is 0.565. The van der Waals surface area contributed by atoms with Gasteiger partial charge in [0, 0.05) is 20.6 Å². The molecule has 0 saturated carbocycles. The van der Waals surface area contributed by atoms with E-state index in [1.54, 1.807) is 0 Å². The highest BCUT2D eigenvalue weighted by atomic mass is 15.3. The number of rotatable bonds is 8. The van der Waals surface area contributed by atoms with Crippen molar-refractivity contribution in [3.63, 3.8) is 0 Å². The minimum Gasteiger partial charge on any atom is -0.356 e. The highest BCUT2D eigenvalue weighted by Crippen LogP contribution is 2.17. The van der Waals surface area contributed by atoms with Crippen LogP contribution in [0.5, 0.6) is 0 Å². The summed E-state index contributed by atoms with van der Waals surface area (Å²) in [5.41, 5.74) is 2.20. The maximum absolute atomic E-state index is 4.53. The number of likely N-dealkylation sites (tertiary alicyclic amines) is 1. The number of guanidine groups is 1. The van der Waals surface area contributed by atoms with E-state index in [0.717, 1.165) is 41.9 Å². The molecule has 0 bridgehead atoms. The Morgan fingerprint density at radius 1 is 1.24 bits per heavy atom. The molecule has 0 atom stereocenters. The molecular weight excluding hydrogens is 360 g/mol. The third-order valence-electron chi connectivity index (χ3n) is 5.73. The maximum Gasteiger partial charge on any atom is 0.193 e. The summed E-state index contributed by atoms with van der Waals surface area (Å²) in [6.07, 6.45) is 7.01. The average molecular weight is 397 g/mol. The molecule has 0 spiro atoms. The Bertz CT molecular complexity index is 746. The third kappa shape index (κ3) is 6.60. The number of benzene rings is 1. The Balaban J connectivity index is 1.38. The van der Waals surface area contributed by atoms with Gasteiger partial charge in [-0.15, -0.1) is 0 Å². The van der Waals surface area contributed by atoms with Gasteiger partial charge in [-0.05, 0) is 56.8 Å². The van der Waals surface area contributed by atoms with E-state index in [9.17, 15) is 0 Å². The van der Waals surface area contributed by atoms with Gasteiger partial charge < -0.3 is 20.1 Å². The minimum atomic E-state index is 0.693. The normalized spacial score (nSPS) is 16.2. The van der Waals surface area contributed by atoms with Crippen LogP contribution in [0.15, 0.2) is 41.5 Å². The van der Waals surface area contributed by atoms with Gasteiger partial charge in [0.05, 0.1) is 18.4 Å². The van der Waals surface area contributed by atoms with E-state index in [2.05, 4.69) is 56.2 Å². The van der Waals surface area contributed by atoms with Crippen molar-refractivity contribution in [2.24, 2.45) is 10.9 Å². The summed E-state index contributed by atoms with van der Waals surface area (Å²) >= 11 is 0. The molecule has 1 aliphatic rings. The monoisotopic (exact) mass is 396 g/mol. The topological polar surface area (TPSA) is 59.6 Å². The van der Waals surface area contributed by atoms with Crippen LogP contribution in [0.1, 0.15) is 38.4 Å². The zero-order chi connectivity index (χ0) is 20.5. The molecule has 6 heteroatoms. The van der Waals surface area contributed by atoms with Crippen LogP contribution in [0.25, 0.3) is 11.3 Å². The first-order valence-electron chi connectivity index (χ1n) is 10.9. The van der Waals surface area contributed by atoms with Crippen LogP contribution in [-0.4, -0.2) is 66.0 Å². The van der Waals surface area contributed by atoms with Crippen molar-refractivity contribution in [3.05, 3.63) is 42.4 Å². The Kier molecular flexibility index (Phi) is 8.11. The number of hydrogen-bond acceptors (Lipinski definition) is 3. The summed E-state index contributed by atoms with van der Waals surface area (Å²) < 4.78 is 0. The molecule has 0 unspecified atom stereocenters. The van der Waals surface area contributed by atoms with Crippen LogP contribution in [-0.2, 0) is 6.54 Å². The maximum atomic E-state index is 4.53. The van der Waals surface area contributed by atoms with E-state index in [1.807, 2.05) is 31.4 Å². The van der Waals surface area contributed by atoms with Gasteiger partial charge in [0.2, 0.25) is 0 Å². The summed E-state index contributed by atoms with van der Waals surface area (Å²) in [6.45, 7) is 7.78. The van der Waals surface area contributed by atoms with Crippen molar-refractivity contribution in [3.8, 4) is 11.3 Å². The lowest BCUT2D eigenvalue weighted by Gasteiger charge is -2.30. The molecule has 158 valence electrons. The van der Waals surface area contributed by atoms with E-state index >= 15 is 0 Å². The number of hydrogen-bond donors (Lipinski definition) is 2. The standard InChI is InChI=1S/C23H36N6/c1-19-11-15-29(16-12-19)14-8-7-13-25-23(24-2)28(3)18-22-26-17-21(27-22)20-9-5-4-6-10-20/h4-6,9-10,17,19H,7-8,11-16,18H2,1-3H3,(H,24,25)(H,26,27). The van der Waals surface area contributed by atoms with Gasteiger partial charge in [0.15, 0.2) is 5.96 Å². The van der Waals surface area contributed by atoms with Gasteiger partial charge in [0.25, 0.3) is 0 Å². The van der Waals surface area contributed by atoms with Crippen molar-refractivity contribution >= 4 is 5.96 Å². The fourth-order valence-corrected chi connectivity index (χ4v) is 3.84. The van der Waals surface area contributed by atoms with Gasteiger partial charge in [-0.1, -0.05) is 37.3 Å². The van der Waals surface area contributed by atoms with Gasteiger partial charge >= 0.3 is 0 Å². The zero-order valence-corrected chi connectivity index (χ0v) is 18.2. The van der Waals surface area contributed by atoms with E-state index in [4.69, 9.17) is 0 Å². The number of imidazole rings is 1. The van der Waals surface area contributed by atoms with Gasteiger partial charge in [-0.3, -0.25) is 4.99 Å². The largest absolute Gasteiger partial charge is 0.356 e. The Labute approximate surface area is 175 Å². The highest BCUT2D eigenvalue weighted by molar-refractivity contribution is 5.79. The molecule has 3 rings (SSSR count). The summed E-state index contributed by atoms with van der Waals surface area (Å²) in [6, 6.07) is 10.3. The number of unbranched alkanes of at least 4 members (excludes halogenated alkanes) is 1. The van der Waals surface area contributed by atoms with E-state index in [1.165, 1.54) is 38.9 Å². The number of aromatic nitrogens is 2. The first kappa shape index (κ1) is 21.4. The lowest BCUT2D eigenvalue weighted by Crippen LogP contribution is -2.39. The lowest BCUT2D eigenvalue weighted by molar-refractivity contribution is 0.189. The molecule has 29 heavy (non-hydrogen) atoms. The van der Waals surface area contributed by atoms with E-state index in [0.29, 0.717) is 6.54 Å². The number of H-pyrrole nitrogens is 1. The van der Waals surface area contributed by atoms with Crippen LogP contribution >= 0.6 is 0 Å². The van der Waals surface area contributed by atoms with Crippen LogP contribution < -0.4 is 5.32 Å². The molecule has 1 aliphatic heterocycles. The smallest absolute Gasteiger partial charge is 0.193 e. The van der Waals surface area contributed by atoms with Gasteiger partial charge in [0.1, 0.15) is 5.82 Å². The predicted octanol–water partition coefficient (Wildman–Crippen LogP) is 3.60. The van der Waals surface area contributed by atoms with E-state index < -0.39 is 0 Å². The van der Waals surface area contributed by atoms with Crippen molar-refractivity contribution < 1.29 is 0 Å². The molecule has 1 fully saturated rings. The van der Waals surface area contributed by atoms with Crippen molar-refractivity contribution in [1.82, 2.24) is 25.1 Å². The summed E-state index contributed by atoms with van der Waals surface area (Å²) in [5.74, 6) is 2.76. The van der Waals surface area contributed by atoms with Gasteiger partial charge in [-0.2, -0.15) is 0 Å². The van der Waals surface area contributed by atoms with Crippen molar-refractivity contribution in [2.75, 3.05) is 40.3 Å². The second-order valence-electron chi connectivity index (χ2n) is 8.17. The first-order chi connectivity index (χ1) is 14.2. The number of aliphatic imine (C=N–C) groups is 1. The molecule has 2 aromatic rings. The quantitative estimate of drug-likeness (QED) is 0.407.